The van der Waals surface area contributed by atoms with Crippen LogP contribution in [0.5, 0.6) is 0 Å². The van der Waals surface area contributed by atoms with E-state index < -0.39 is 15.1 Å². The average molecular weight is 424 g/mol. The summed E-state index contributed by atoms with van der Waals surface area (Å²) in [4.78, 5) is 18.6. The summed E-state index contributed by atoms with van der Waals surface area (Å²) >= 11 is 0. The molecule has 0 aliphatic rings. The third-order valence-corrected chi connectivity index (χ3v) is 6.99. The molecule has 0 radical (unpaired) electrons. The van der Waals surface area contributed by atoms with E-state index in [2.05, 4.69) is 10.3 Å². The van der Waals surface area contributed by atoms with Gasteiger partial charge in [0.15, 0.2) is 9.84 Å². The third kappa shape index (κ3) is 4.86. The topological polar surface area (TPSA) is 79.4 Å². The molecule has 2 aromatic carbocycles. The smallest absolute Gasteiger partial charge is 0.252 e. The van der Waals surface area contributed by atoms with E-state index in [1.54, 1.807) is 54.7 Å². The van der Waals surface area contributed by atoms with Crippen LogP contribution in [-0.2, 0) is 9.84 Å². The molecule has 3 aromatic rings. The number of hydrogen-bond donors (Lipinski definition) is 1. The predicted octanol–water partition coefficient (Wildman–Crippen LogP) is 3.40. The summed E-state index contributed by atoms with van der Waals surface area (Å²) in [7, 11) is 0.115. The molecule has 3 rings (SSSR count). The van der Waals surface area contributed by atoms with Crippen LogP contribution in [0.3, 0.4) is 0 Å². The maximum atomic E-state index is 13.4. The molecule has 1 N–H and O–H groups in total. The Kier molecular flexibility index (Phi) is 6.52. The van der Waals surface area contributed by atoms with Gasteiger partial charge in [0.05, 0.1) is 10.5 Å². The molecule has 0 saturated heterocycles. The van der Waals surface area contributed by atoms with Crippen LogP contribution in [0, 0.1) is 6.92 Å². The molecule has 1 atom stereocenters. The van der Waals surface area contributed by atoms with Crippen molar-refractivity contribution in [2.24, 2.45) is 0 Å². The highest BCUT2D eigenvalue weighted by Crippen LogP contribution is 2.30. The van der Waals surface area contributed by atoms with E-state index in [4.69, 9.17) is 0 Å². The van der Waals surface area contributed by atoms with Crippen LogP contribution in [0.4, 0.5) is 5.69 Å². The number of amides is 1. The number of hydrogen-bond acceptors (Lipinski definition) is 5. The van der Waals surface area contributed by atoms with Crippen molar-refractivity contribution >= 4 is 21.4 Å². The lowest BCUT2D eigenvalue weighted by Crippen LogP contribution is -2.32. The summed E-state index contributed by atoms with van der Waals surface area (Å²) in [5, 5.41) is 1.83. The standard InChI is InChI=1S/C23H25N3O3S/c1-17-6-12-21(13-7-17)30(28,29)22(18-8-10-20(11-9-18)26(2)3)16-25-23(27)19-5-4-14-24-15-19/h4-15,22H,16H2,1-3H3,(H,25,27)/t22-/m0/s1. The molecule has 1 amide bonds. The minimum absolute atomic E-state index is 0.0503. The Balaban J connectivity index is 1.93. The number of nitrogens with zero attached hydrogens (tertiary/aromatic N) is 2. The first kappa shape index (κ1) is 21.5. The maximum Gasteiger partial charge on any atom is 0.252 e. The Morgan fingerprint density at radius 1 is 1.03 bits per heavy atom. The summed E-state index contributed by atoms with van der Waals surface area (Å²) in [6, 6.07) is 17.4. The minimum Gasteiger partial charge on any atom is -0.378 e. The van der Waals surface area contributed by atoms with Crippen LogP contribution < -0.4 is 10.2 Å². The van der Waals surface area contributed by atoms with E-state index in [-0.39, 0.29) is 17.3 Å². The van der Waals surface area contributed by atoms with Crippen LogP contribution in [0.15, 0.2) is 78.0 Å². The number of carbonyl (C=O) groups is 1. The molecule has 156 valence electrons. The van der Waals surface area contributed by atoms with E-state index in [0.717, 1.165) is 11.3 Å². The second-order valence-corrected chi connectivity index (χ2v) is 9.41. The number of sulfone groups is 1. The van der Waals surface area contributed by atoms with Gasteiger partial charge in [-0.05, 0) is 48.9 Å². The second-order valence-electron chi connectivity index (χ2n) is 7.28. The molecule has 0 aliphatic carbocycles. The maximum absolute atomic E-state index is 13.4. The fraction of sp³-hybridized carbons (Fsp3) is 0.217. The number of rotatable bonds is 7. The van der Waals surface area contributed by atoms with Gasteiger partial charge in [0.25, 0.3) is 5.91 Å². The van der Waals surface area contributed by atoms with Crippen LogP contribution in [0.25, 0.3) is 0 Å². The summed E-state index contributed by atoms with van der Waals surface area (Å²) in [6.07, 6.45) is 3.03. The van der Waals surface area contributed by atoms with E-state index in [1.165, 1.54) is 6.20 Å². The second kappa shape index (κ2) is 9.09. The highest BCUT2D eigenvalue weighted by atomic mass is 32.2. The molecule has 1 aromatic heterocycles. The summed E-state index contributed by atoms with van der Waals surface area (Å²) in [5.41, 5.74) is 2.94. The Labute approximate surface area is 177 Å². The molecule has 0 saturated carbocycles. The molecule has 6 nitrogen and oxygen atoms in total. The first-order valence-corrected chi connectivity index (χ1v) is 11.1. The summed E-state index contributed by atoms with van der Waals surface area (Å²) < 4.78 is 26.9. The molecule has 0 aliphatic heterocycles. The van der Waals surface area contributed by atoms with Crippen molar-refractivity contribution in [2.45, 2.75) is 17.1 Å². The fourth-order valence-corrected chi connectivity index (χ4v) is 4.73. The number of benzene rings is 2. The number of carbonyl (C=O) groups excluding carboxylic acids is 1. The molecule has 0 spiro atoms. The lowest BCUT2D eigenvalue weighted by atomic mass is 10.1. The van der Waals surface area contributed by atoms with Crippen LogP contribution >= 0.6 is 0 Å². The largest absolute Gasteiger partial charge is 0.378 e. The number of nitrogens with one attached hydrogen (secondary N) is 1. The Morgan fingerprint density at radius 2 is 1.70 bits per heavy atom. The predicted molar refractivity (Wildman–Crippen MR) is 118 cm³/mol. The van der Waals surface area contributed by atoms with Gasteiger partial charge in [-0.1, -0.05) is 29.8 Å². The van der Waals surface area contributed by atoms with Crippen molar-refractivity contribution < 1.29 is 13.2 Å². The van der Waals surface area contributed by atoms with Gasteiger partial charge in [0.2, 0.25) is 0 Å². The van der Waals surface area contributed by atoms with Crippen molar-refractivity contribution in [3.8, 4) is 0 Å². The van der Waals surface area contributed by atoms with Crippen LogP contribution in [0.2, 0.25) is 0 Å². The van der Waals surface area contributed by atoms with E-state index >= 15 is 0 Å². The van der Waals surface area contributed by atoms with Gasteiger partial charge in [-0.25, -0.2) is 8.42 Å². The van der Waals surface area contributed by atoms with E-state index in [1.807, 2.05) is 38.1 Å². The van der Waals surface area contributed by atoms with Gasteiger partial charge in [-0.3, -0.25) is 9.78 Å². The van der Waals surface area contributed by atoms with Crippen molar-refractivity contribution in [2.75, 3.05) is 25.5 Å². The van der Waals surface area contributed by atoms with Gasteiger partial charge in [-0.15, -0.1) is 0 Å². The van der Waals surface area contributed by atoms with E-state index in [0.29, 0.717) is 11.1 Å². The lowest BCUT2D eigenvalue weighted by molar-refractivity contribution is 0.0953. The Bertz CT molecular complexity index is 1090. The van der Waals surface area contributed by atoms with Gasteiger partial charge in [0, 0.05) is 38.7 Å². The Morgan fingerprint density at radius 3 is 2.27 bits per heavy atom. The number of anilines is 1. The molecule has 0 fully saturated rings. The van der Waals surface area contributed by atoms with Gasteiger partial charge < -0.3 is 10.2 Å². The highest BCUT2D eigenvalue weighted by molar-refractivity contribution is 7.91. The SMILES string of the molecule is Cc1ccc(S(=O)(=O)[C@@H](CNC(=O)c2cccnc2)c2ccc(N(C)C)cc2)cc1. The van der Waals surface area contributed by atoms with Crippen LogP contribution in [-0.4, -0.2) is 39.9 Å². The van der Waals surface area contributed by atoms with Crippen molar-refractivity contribution in [3.05, 3.63) is 89.7 Å². The minimum atomic E-state index is -3.73. The first-order valence-electron chi connectivity index (χ1n) is 9.55. The zero-order valence-corrected chi connectivity index (χ0v) is 18.1. The zero-order valence-electron chi connectivity index (χ0n) is 17.2. The molecule has 30 heavy (non-hydrogen) atoms. The number of aromatic nitrogens is 1. The fourth-order valence-electron chi connectivity index (χ4n) is 3.07. The quantitative estimate of drug-likeness (QED) is 0.630. The molecular weight excluding hydrogens is 398 g/mol. The monoisotopic (exact) mass is 423 g/mol. The number of pyridine rings is 1. The van der Waals surface area contributed by atoms with Gasteiger partial charge in [-0.2, -0.15) is 0 Å². The van der Waals surface area contributed by atoms with Crippen molar-refractivity contribution in [1.29, 1.82) is 0 Å². The molecular formula is C23H25N3O3S. The van der Waals surface area contributed by atoms with Crippen LogP contribution in [0.1, 0.15) is 26.7 Å². The van der Waals surface area contributed by atoms with E-state index in [9.17, 15) is 13.2 Å². The molecule has 1 heterocycles. The summed E-state index contributed by atoms with van der Waals surface area (Å²) in [5.74, 6) is -0.364. The van der Waals surface area contributed by atoms with Gasteiger partial charge in [0.1, 0.15) is 5.25 Å². The first-order chi connectivity index (χ1) is 14.3. The molecule has 0 bridgehead atoms. The average Bonchev–Trinajstić information content (AvgIpc) is 2.75. The molecule has 0 unspecified atom stereocenters. The summed E-state index contributed by atoms with van der Waals surface area (Å²) in [6.45, 7) is 1.85. The zero-order chi connectivity index (χ0) is 21.7. The molecule has 7 heteroatoms. The third-order valence-electron chi connectivity index (χ3n) is 4.88. The highest BCUT2D eigenvalue weighted by Gasteiger charge is 2.30. The van der Waals surface area contributed by atoms with Crippen molar-refractivity contribution in [3.63, 3.8) is 0 Å². The van der Waals surface area contributed by atoms with Gasteiger partial charge >= 0.3 is 0 Å². The normalized spacial score (nSPS) is 12.2. The lowest BCUT2D eigenvalue weighted by Gasteiger charge is -2.20. The number of aryl methyl sites for hydroxylation is 1. The van der Waals surface area contributed by atoms with Crippen molar-refractivity contribution in [1.82, 2.24) is 10.3 Å². The Hall–Kier alpha value is -3.19.